The second kappa shape index (κ2) is 7.04. The fourth-order valence-corrected chi connectivity index (χ4v) is 2.72. The summed E-state index contributed by atoms with van der Waals surface area (Å²) in [5.74, 6) is 0. The molecule has 0 amide bonds. The number of rotatable bonds is 5. The van der Waals surface area contributed by atoms with Crippen molar-refractivity contribution in [2.45, 2.75) is 32.2 Å². The number of anilines is 1. The van der Waals surface area contributed by atoms with Crippen LogP contribution in [-0.2, 0) is 0 Å². The van der Waals surface area contributed by atoms with E-state index in [1.165, 1.54) is 18.6 Å². The zero-order chi connectivity index (χ0) is 15.2. The van der Waals surface area contributed by atoms with Gasteiger partial charge in [0.1, 0.15) is 11.6 Å². The Labute approximate surface area is 124 Å². The molecule has 0 spiro atoms. The molecular formula is C15H20N4O2. The SMILES string of the molecule is CCCN1CCC(Nc2ccc(C#N)c([N+](=O)[O-])c2)CC1. The fraction of sp³-hybridized carbons (Fsp3) is 0.533. The van der Waals surface area contributed by atoms with Gasteiger partial charge in [-0.1, -0.05) is 6.92 Å². The molecule has 1 aliphatic heterocycles. The lowest BCUT2D eigenvalue weighted by Gasteiger charge is -2.32. The quantitative estimate of drug-likeness (QED) is 0.665. The largest absolute Gasteiger partial charge is 0.382 e. The van der Waals surface area contributed by atoms with Gasteiger partial charge in [0.05, 0.1) is 4.92 Å². The number of likely N-dealkylation sites (tertiary alicyclic amines) is 1. The maximum atomic E-state index is 11.0. The summed E-state index contributed by atoms with van der Waals surface area (Å²) in [6, 6.07) is 6.89. The van der Waals surface area contributed by atoms with Crippen LogP contribution >= 0.6 is 0 Å². The van der Waals surface area contributed by atoms with Gasteiger partial charge in [-0.3, -0.25) is 10.1 Å². The summed E-state index contributed by atoms with van der Waals surface area (Å²) in [4.78, 5) is 12.9. The third-order valence-electron chi connectivity index (χ3n) is 3.81. The molecule has 6 heteroatoms. The van der Waals surface area contributed by atoms with Crippen molar-refractivity contribution in [3.63, 3.8) is 0 Å². The lowest BCUT2D eigenvalue weighted by atomic mass is 10.0. The monoisotopic (exact) mass is 288 g/mol. The number of nitrogens with one attached hydrogen (secondary N) is 1. The number of nitro groups is 1. The van der Waals surface area contributed by atoms with Crippen LogP contribution in [0.2, 0.25) is 0 Å². The molecule has 1 N–H and O–H groups in total. The maximum Gasteiger partial charge on any atom is 0.289 e. The highest BCUT2D eigenvalue weighted by molar-refractivity contribution is 5.59. The lowest BCUT2D eigenvalue weighted by Crippen LogP contribution is -2.39. The summed E-state index contributed by atoms with van der Waals surface area (Å²) in [6.07, 6.45) is 3.24. The van der Waals surface area contributed by atoms with Crippen LogP contribution in [0.5, 0.6) is 0 Å². The number of nitriles is 1. The van der Waals surface area contributed by atoms with Crippen molar-refractivity contribution in [1.82, 2.24) is 4.90 Å². The molecule has 1 aliphatic rings. The van der Waals surface area contributed by atoms with Crippen LogP contribution in [0.15, 0.2) is 18.2 Å². The second-order valence-corrected chi connectivity index (χ2v) is 5.36. The summed E-state index contributed by atoms with van der Waals surface area (Å²) < 4.78 is 0. The Bertz CT molecular complexity index is 545. The molecule has 0 aliphatic carbocycles. The number of hydrogen-bond acceptors (Lipinski definition) is 5. The first-order valence-electron chi connectivity index (χ1n) is 7.31. The summed E-state index contributed by atoms with van der Waals surface area (Å²) in [7, 11) is 0. The molecule has 6 nitrogen and oxygen atoms in total. The number of nitro benzene ring substituents is 1. The van der Waals surface area contributed by atoms with Gasteiger partial charge in [0.2, 0.25) is 0 Å². The molecule has 2 rings (SSSR count). The van der Waals surface area contributed by atoms with E-state index in [0.717, 1.165) is 38.2 Å². The van der Waals surface area contributed by atoms with Crippen LogP contribution in [0.3, 0.4) is 0 Å². The second-order valence-electron chi connectivity index (χ2n) is 5.36. The topological polar surface area (TPSA) is 82.2 Å². The third kappa shape index (κ3) is 3.92. The zero-order valence-electron chi connectivity index (χ0n) is 12.2. The fourth-order valence-electron chi connectivity index (χ4n) is 2.72. The van der Waals surface area contributed by atoms with Crippen molar-refractivity contribution in [1.29, 1.82) is 5.26 Å². The Hall–Kier alpha value is -2.13. The van der Waals surface area contributed by atoms with Gasteiger partial charge in [0.25, 0.3) is 5.69 Å². The maximum absolute atomic E-state index is 11.0. The highest BCUT2D eigenvalue weighted by Gasteiger charge is 2.20. The van der Waals surface area contributed by atoms with Gasteiger partial charge in [-0.2, -0.15) is 5.26 Å². The van der Waals surface area contributed by atoms with Crippen LogP contribution in [0.4, 0.5) is 11.4 Å². The van der Waals surface area contributed by atoms with Crippen LogP contribution in [0, 0.1) is 21.4 Å². The predicted molar refractivity (Wildman–Crippen MR) is 81.2 cm³/mol. The number of nitrogens with zero attached hydrogens (tertiary/aromatic N) is 3. The highest BCUT2D eigenvalue weighted by Crippen LogP contribution is 2.24. The Morgan fingerprint density at radius 1 is 1.48 bits per heavy atom. The van der Waals surface area contributed by atoms with Gasteiger partial charge in [0, 0.05) is 30.9 Å². The molecule has 0 aromatic heterocycles. The molecule has 0 atom stereocenters. The first-order chi connectivity index (χ1) is 10.1. The van der Waals surface area contributed by atoms with Gasteiger partial charge in [-0.05, 0) is 37.9 Å². The average Bonchev–Trinajstić information content (AvgIpc) is 2.49. The van der Waals surface area contributed by atoms with E-state index in [0.29, 0.717) is 6.04 Å². The number of piperidine rings is 1. The summed E-state index contributed by atoms with van der Waals surface area (Å²) in [5.41, 5.74) is 0.684. The molecule has 0 bridgehead atoms. The Kier molecular flexibility index (Phi) is 5.12. The van der Waals surface area contributed by atoms with Crippen molar-refractivity contribution in [3.8, 4) is 6.07 Å². The predicted octanol–water partition coefficient (Wildman–Crippen LogP) is 2.75. The van der Waals surface area contributed by atoms with E-state index in [1.807, 2.05) is 6.07 Å². The average molecular weight is 288 g/mol. The zero-order valence-corrected chi connectivity index (χ0v) is 12.2. The van der Waals surface area contributed by atoms with Gasteiger partial charge >= 0.3 is 0 Å². The van der Waals surface area contributed by atoms with Crippen molar-refractivity contribution in [3.05, 3.63) is 33.9 Å². The lowest BCUT2D eigenvalue weighted by molar-refractivity contribution is -0.385. The van der Waals surface area contributed by atoms with Gasteiger partial charge in [-0.25, -0.2) is 0 Å². The highest BCUT2D eigenvalue weighted by atomic mass is 16.6. The van der Waals surface area contributed by atoms with Crippen molar-refractivity contribution < 1.29 is 4.92 Å². The molecule has 21 heavy (non-hydrogen) atoms. The number of hydrogen-bond donors (Lipinski definition) is 1. The van der Waals surface area contributed by atoms with Crippen LogP contribution in [0.1, 0.15) is 31.7 Å². The van der Waals surface area contributed by atoms with Crippen molar-refractivity contribution in [2.24, 2.45) is 0 Å². The molecule has 0 saturated carbocycles. The normalized spacial score (nSPS) is 16.4. The third-order valence-corrected chi connectivity index (χ3v) is 3.81. The molecule has 1 heterocycles. The van der Waals surface area contributed by atoms with E-state index in [9.17, 15) is 10.1 Å². The molecule has 1 fully saturated rings. The first kappa shape index (κ1) is 15.3. The van der Waals surface area contributed by atoms with Gasteiger partial charge < -0.3 is 10.2 Å². The van der Waals surface area contributed by atoms with Crippen LogP contribution < -0.4 is 5.32 Å². The molecule has 0 radical (unpaired) electrons. The molecule has 1 aromatic rings. The Morgan fingerprint density at radius 3 is 2.76 bits per heavy atom. The summed E-state index contributed by atoms with van der Waals surface area (Å²) >= 11 is 0. The summed E-state index contributed by atoms with van der Waals surface area (Å²) in [6.45, 7) is 5.43. The van der Waals surface area contributed by atoms with Gasteiger partial charge in [0.15, 0.2) is 0 Å². The van der Waals surface area contributed by atoms with E-state index >= 15 is 0 Å². The minimum atomic E-state index is -0.506. The van der Waals surface area contributed by atoms with E-state index in [4.69, 9.17) is 5.26 Å². The first-order valence-corrected chi connectivity index (χ1v) is 7.31. The standard InChI is InChI=1S/C15H20N4O2/c1-2-7-18-8-5-13(6-9-18)17-14-4-3-12(11-16)15(10-14)19(20)21/h3-4,10,13,17H,2,5-9H2,1H3. The molecular weight excluding hydrogens is 268 g/mol. The number of benzene rings is 1. The van der Waals surface area contributed by atoms with E-state index in [1.54, 1.807) is 6.07 Å². The Morgan fingerprint density at radius 2 is 2.19 bits per heavy atom. The van der Waals surface area contributed by atoms with E-state index in [-0.39, 0.29) is 11.3 Å². The minimum Gasteiger partial charge on any atom is -0.382 e. The van der Waals surface area contributed by atoms with Crippen molar-refractivity contribution in [2.75, 3.05) is 25.0 Å². The van der Waals surface area contributed by atoms with Crippen LogP contribution in [-0.4, -0.2) is 35.5 Å². The smallest absolute Gasteiger partial charge is 0.289 e. The molecule has 1 aromatic carbocycles. The molecule has 112 valence electrons. The minimum absolute atomic E-state index is 0.100. The Balaban J connectivity index is 2.00. The molecule has 1 saturated heterocycles. The van der Waals surface area contributed by atoms with Gasteiger partial charge in [-0.15, -0.1) is 0 Å². The van der Waals surface area contributed by atoms with Crippen molar-refractivity contribution >= 4 is 11.4 Å². The van der Waals surface area contributed by atoms with Crippen LogP contribution in [0.25, 0.3) is 0 Å². The molecule has 0 unspecified atom stereocenters. The van der Waals surface area contributed by atoms with E-state index < -0.39 is 4.92 Å². The van der Waals surface area contributed by atoms with E-state index in [2.05, 4.69) is 17.1 Å². The summed E-state index contributed by atoms with van der Waals surface area (Å²) in [5, 5.41) is 23.2.